The first-order chi connectivity index (χ1) is 14.5. The fourth-order valence-electron chi connectivity index (χ4n) is 4.83. The van der Waals surface area contributed by atoms with Crippen molar-refractivity contribution in [1.82, 2.24) is 14.7 Å². The van der Waals surface area contributed by atoms with Crippen molar-refractivity contribution in [2.24, 2.45) is 0 Å². The molecule has 2 aromatic rings. The summed E-state index contributed by atoms with van der Waals surface area (Å²) in [6.07, 6.45) is 7.77. The first kappa shape index (κ1) is 21.3. The fourth-order valence-corrected chi connectivity index (χ4v) is 6.08. The second kappa shape index (κ2) is 9.48. The number of rotatable bonds is 5. The number of carbonyl (C=O) groups excluding carboxylic acids is 2. The van der Waals surface area contributed by atoms with E-state index in [1.165, 1.54) is 22.9 Å². The van der Waals surface area contributed by atoms with Crippen molar-refractivity contribution in [1.29, 1.82) is 0 Å². The molecule has 30 heavy (non-hydrogen) atoms. The summed E-state index contributed by atoms with van der Waals surface area (Å²) in [6, 6.07) is 8.66. The van der Waals surface area contributed by atoms with Crippen LogP contribution in [0, 0.1) is 0 Å². The van der Waals surface area contributed by atoms with Crippen LogP contribution in [0.5, 0.6) is 0 Å². The normalized spacial score (nSPS) is 20.5. The molecular weight excluding hydrogens is 394 g/mol. The van der Waals surface area contributed by atoms with Gasteiger partial charge < -0.3 is 9.80 Å². The maximum Gasteiger partial charge on any atom is 0.263 e. The first-order valence-electron chi connectivity index (χ1n) is 11.3. The van der Waals surface area contributed by atoms with Gasteiger partial charge in [-0.05, 0) is 62.1 Å². The van der Waals surface area contributed by atoms with Gasteiger partial charge in [-0.25, -0.2) is 0 Å². The smallest absolute Gasteiger partial charge is 0.263 e. The van der Waals surface area contributed by atoms with E-state index in [2.05, 4.69) is 28.0 Å². The lowest BCUT2D eigenvalue weighted by Gasteiger charge is -2.37. The van der Waals surface area contributed by atoms with Crippen molar-refractivity contribution < 1.29 is 9.59 Å². The Kier molecular flexibility index (Phi) is 6.74. The summed E-state index contributed by atoms with van der Waals surface area (Å²) in [7, 11) is 3.64. The molecule has 2 saturated heterocycles. The van der Waals surface area contributed by atoms with Gasteiger partial charge in [0, 0.05) is 37.9 Å². The number of hydrogen-bond donors (Lipinski definition) is 0. The summed E-state index contributed by atoms with van der Waals surface area (Å²) >= 11 is 1.60. The molecular formula is C24H33N3O2S. The van der Waals surface area contributed by atoms with Gasteiger partial charge in [0.2, 0.25) is 5.91 Å². The summed E-state index contributed by atoms with van der Waals surface area (Å²) in [4.78, 5) is 32.8. The minimum atomic E-state index is 0.0814. The SMILES string of the molecule is CN(C)C(=O)c1sc2ccccc2c1C[C@@H]1CCCCN1CC(=O)N1CCCCC1. The number of fused-ring (bicyclic) bond motifs is 1. The van der Waals surface area contributed by atoms with Crippen molar-refractivity contribution in [2.75, 3.05) is 40.3 Å². The molecule has 3 heterocycles. The molecule has 0 aliphatic carbocycles. The van der Waals surface area contributed by atoms with E-state index in [0.717, 1.165) is 62.2 Å². The van der Waals surface area contributed by atoms with E-state index in [9.17, 15) is 9.59 Å². The van der Waals surface area contributed by atoms with Crippen LogP contribution < -0.4 is 0 Å². The molecule has 0 spiro atoms. The summed E-state index contributed by atoms with van der Waals surface area (Å²) in [5.74, 6) is 0.360. The number of piperidine rings is 2. The number of hydrogen-bond acceptors (Lipinski definition) is 4. The minimum absolute atomic E-state index is 0.0814. The molecule has 6 heteroatoms. The van der Waals surface area contributed by atoms with Crippen LogP contribution in [0.1, 0.15) is 53.8 Å². The highest BCUT2D eigenvalue weighted by molar-refractivity contribution is 7.21. The monoisotopic (exact) mass is 427 g/mol. The first-order valence-corrected chi connectivity index (χ1v) is 12.1. The predicted molar refractivity (Wildman–Crippen MR) is 123 cm³/mol. The maximum absolute atomic E-state index is 12.9. The zero-order chi connectivity index (χ0) is 21.1. The fraction of sp³-hybridized carbons (Fsp3) is 0.583. The Bertz CT molecular complexity index is 901. The van der Waals surface area contributed by atoms with Gasteiger partial charge in [0.05, 0.1) is 11.4 Å². The van der Waals surface area contributed by atoms with E-state index in [-0.39, 0.29) is 11.8 Å². The largest absolute Gasteiger partial charge is 0.344 e. The third-order valence-electron chi connectivity index (χ3n) is 6.53. The molecule has 162 valence electrons. The topological polar surface area (TPSA) is 43.9 Å². The van der Waals surface area contributed by atoms with E-state index in [1.54, 1.807) is 16.2 Å². The van der Waals surface area contributed by atoms with Gasteiger partial charge in [-0.3, -0.25) is 14.5 Å². The Balaban J connectivity index is 1.57. The standard InChI is InChI=1S/C24H33N3O2S/c1-25(2)24(29)23-20(19-11-4-5-12-21(19)30-23)16-18-10-6-9-15-27(18)17-22(28)26-13-7-3-8-14-26/h4-5,11-12,18H,3,6-10,13-17H2,1-2H3/t18-/m0/s1. The predicted octanol–water partition coefficient (Wildman–Crippen LogP) is 4.01. The molecule has 2 amide bonds. The van der Waals surface area contributed by atoms with Gasteiger partial charge in [-0.15, -0.1) is 11.3 Å². The van der Waals surface area contributed by atoms with Gasteiger partial charge in [0.1, 0.15) is 0 Å². The second-order valence-electron chi connectivity index (χ2n) is 8.87. The summed E-state index contributed by atoms with van der Waals surface area (Å²) in [6.45, 7) is 3.31. The number of benzene rings is 1. The average Bonchev–Trinajstić information content (AvgIpc) is 3.13. The van der Waals surface area contributed by atoms with Crippen LogP contribution in [0.2, 0.25) is 0 Å². The highest BCUT2D eigenvalue weighted by Crippen LogP contribution is 2.34. The van der Waals surface area contributed by atoms with E-state index in [4.69, 9.17) is 0 Å². The Morgan fingerprint density at radius 1 is 1.03 bits per heavy atom. The number of carbonyl (C=O) groups is 2. The molecule has 1 atom stereocenters. The molecule has 4 rings (SSSR count). The Labute approximate surface area is 183 Å². The zero-order valence-corrected chi connectivity index (χ0v) is 19.0. The molecule has 1 aromatic heterocycles. The Morgan fingerprint density at radius 3 is 2.53 bits per heavy atom. The van der Waals surface area contributed by atoms with Crippen LogP contribution in [0.25, 0.3) is 10.1 Å². The van der Waals surface area contributed by atoms with Gasteiger partial charge in [-0.2, -0.15) is 0 Å². The van der Waals surface area contributed by atoms with E-state index < -0.39 is 0 Å². The summed E-state index contributed by atoms with van der Waals surface area (Å²) < 4.78 is 1.17. The van der Waals surface area contributed by atoms with Gasteiger partial charge in [0.15, 0.2) is 0 Å². The highest BCUT2D eigenvalue weighted by Gasteiger charge is 2.29. The number of thiophene rings is 1. The molecule has 5 nitrogen and oxygen atoms in total. The lowest BCUT2D eigenvalue weighted by molar-refractivity contribution is -0.134. The quantitative estimate of drug-likeness (QED) is 0.724. The molecule has 1 aromatic carbocycles. The van der Waals surface area contributed by atoms with E-state index >= 15 is 0 Å². The molecule has 0 N–H and O–H groups in total. The molecule has 0 saturated carbocycles. The van der Waals surface area contributed by atoms with Crippen LogP contribution in [0.15, 0.2) is 24.3 Å². The summed E-state index contributed by atoms with van der Waals surface area (Å²) in [5, 5.41) is 1.19. The maximum atomic E-state index is 12.9. The lowest BCUT2D eigenvalue weighted by Crippen LogP contribution is -2.48. The van der Waals surface area contributed by atoms with Crippen LogP contribution in [0.4, 0.5) is 0 Å². The highest BCUT2D eigenvalue weighted by atomic mass is 32.1. The van der Waals surface area contributed by atoms with Crippen molar-refractivity contribution in [3.8, 4) is 0 Å². The number of nitrogens with zero attached hydrogens (tertiary/aromatic N) is 3. The molecule has 2 fully saturated rings. The molecule has 2 aliphatic rings. The Morgan fingerprint density at radius 2 is 1.77 bits per heavy atom. The molecule has 0 unspecified atom stereocenters. The summed E-state index contributed by atoms with van der Waals surface area (Å²) in [5.41, 5.74) is 1.16. The van der Waals surface area contributed by atoms with Crippen molar-refractivity contribution in [3.05, 3.63) is 34.7 Å². The minimum Gasteiger partial charge on any atom is -0.344 e. The van der Waals surface area contributed by atoms with Crippen LogP contribution in [-0.2, 0) is 11.2 Å². The molecule has 2 aliphatic heterocycles. The average molecular weight is 428 g/mol. The molecule has 0 radical (unpaired) electrons. The van der Waals surface area contributed by atoms with E-state index in [0.29, 0.717) is 12.6 Å². The van der Waals surface area contributed by atoms with Gasteiger partial charge in [0.25, 0.3) is 5.91 Å². The van der Waals surface area contributed by atoms with Crippen molar-refractivity contribution >= 4 is 33.2 Å². The van der Waals surface area contributed by atoms with Crippen LogP contribution in [0.3, 0.4) is 0 Å². The van der Waals surface area contributed by atoms with Crippen LogP contribution in [-0.4, -0.2) is 72.8 Å². The van der Waals surface area contributed by atoms with Crippen molar-refractivity contribution in [3.63, 3.8) is 0 Å². The number of amides is 2. The zero-order valence-electron chi connectivity index (χ0n) is 18.2. The van der Waals surface area contributed by atoms with Gasteiger partial charge in [-0.1, -0.05) is 24.6 Å². The third-order valence-corrected chi connectivity index (χ3v) is 7.74. The lowest BCUT2D eigenvalue weighted by atomic mass is 9.93. The van der Waals surface area contributed by atoms with Gasteiger partial charge >= 0.3 is 0 Å². The third kappa shape index (κ3) is 4.54. The number of likely N-dealkylation sites (tertiary alicyclic amines) is 2. The Hall–Kier alpha value is -1.92. The second-order valence-corrected chi connectivity index (χ2v) is 9.92. The molecule has 0 bridgehead atoms. The van der Waals surface area contributed by atoms with Crippen LogP contribution >= 0.6 is 11.3 Å². The van der Waals surface area contributed by atoms with Crippen molar-refractivity contribution in [2.45, 2.75) is 51.0 Å². The van der Waals surface area contributed by atoms with E-state index in [1.807, 2.05) is 20.2 Å².